The van der Waals surface area contributed by atoms with Crippen LogP contribution >= 0.6 is 0 Å². The molecule has 2 aromatic carbocycles. The monoisotopic (exact) mass is 385 g/mol. The minimum Gasteiger partial charge on any atom is -0.385 e. The lowest BCUT2D eigenvalue weighted by Gasteiger charge is -2.12. The molecule has 0 aromatic heterocycles. The van der Waals surface area contributed by atoms with E-state index in [0.29, 0.717) is 29.8 Å². The lowest BCUT2D eigenvalue weighted by molar-refractivity contribution is 0.0638. The number of hydrogen-bond donors (Lipinski definition) is 2. The van der Waals surface area contributed by atoms with Crippen molar-refractivity contribution in [3.8, 4) is 0 Å². The summed E-state index contributed by atoms with van der Waals surface area (Å²) in [7, 11) is 1.55. The van der Waals surface area contributed by atoms with Gasteiger partial charge < -0.3 is 15.4 Å². The van der Waals surface area contributed by atoms with E-state index in [1.54, 1.807) is 31.4 Å². The average Bonchev–Trinajstić information content (AvgIpc) is 2.92. The van der Waals surface area contributed by atoms with Gasteiger partial charge in [-0.25, -0.2) is 9.18 Å². The molecule has 7 nitrogen and oxygen atoms in total. The normalized spacial score (nSPS) is 12.9. The van der Waals surface area contributed by atoms with Crippen LogP contribution in [0.15, 0.2) is 42.5 Å². The van der Waals surface area contributed by atoms with Crippen LogP contribution in [0.2, 0.25) is 0 Å². The molecule has 0 fully saturated rings. The van der Waals surface area contributed by atoms with Crippen LogP contribution in [0.1, 0.15) is 32.7 Å². The molecule has 0 unspecified atom stereocenters. The average molecular weight is 385 g/mol. The number of halogens is 1. The Labute approximate surface area is 161 Å². The molecule has 2 aromatic rings. The second-order valence-electron chi connectivity index (χ2n) is 6.27. The van der Waals surface area contributed by atoms with E-state index in [0.717, 1.165) is 0 Å². The molecule has 0 spiro atoms. The molecule has 0 atom stereocenters. The first-order valence-corrected chi connectivity index (χ1v) is 8.78. The molecule has 2 N–H and O–H groups in total. The van der Waals surface area contributed by atoms with E-state index in [9.17, 15) is 18.8 Å². The number of methoxy groups -OCH3 is 1. The van der Waals surface area contributed by atoms with Gasteiger partial charge in [-0.3, -0.25) is 14.5 Å². The molecule has 1 aliphatic heterocycles. The Morgan fingerprint density at radius 2 is 1.86 bits per heavy atom. The van der Waals surface area contributed by atoms with Crippen molar-refractivity contribution in [2.45, 2.75) is 13.0 Å². The fraction of sp³-hybridized carbons (Fsp3) is 0.250. The number of carbonyl (C=O) groups excluding carboxylic acids is 3. The highest BCUT2D eigenvalue weighted by atomic mass is 19.1. The van der Waals surface area contributed by atoms with Crippen molar-refractivity contribution in [3.63, 3.8) is 0 Å². The van der Waals surface area contributed by atoms with Crippen LogP contribution in [0.4, 0.5) is 14.9 Å². The number of imide groups is 1. The number of hydrogen-bond acceptors (Lipinski definition) is 4. The molecule has 0 saturated heterocycles. The van der Waals surface area contributed by atoms with Crippen LogP contribution < -0.4 is 10.6 Å². The van der Waals surface area contributed by atoms with Crippen LogP contribution in [0.25, 0.3) is 0 Å². The SMILES string of the molecule is COCCCN1C(=O)c2ccc(NC(=O)NCc3ccccc3F)cc2C1=O. The number of anilines is 1. The highest BCUT2D eigenvalue weighted by Crippen LogP contribution is 2.26. The summed E-state index contributed by atoms with van der Waals surface area (Å²) in [6, 6.07) is 10.1. The first-order valence-electron chi connectivity index (χ1n) is 8.78. The fourth-order valence-electron chi connectivity index (χ4n) is 2.93. The number of rotatable bonds is 7. The molecular weight excluding hydrogens is 365 g/mol. The summed E-state index contributed by atoms with van der Waals surface area (Å²) in [6.45, 7) is 0.739. The highest BCUT2D eigenvalue weighted by molar-refractivity contribution is 6.21. The van der Waals surface area contributed by atoms with Crippen molar-refractivity contribution in [3.05, 3.63) is 65.0 Å². The van der Waals surface area contributed by atoms with E-state index >= 15 is 0 Å². The van der Waals surface area contributed by atoms with Crippen LogP contribution in [0.3, 0.4) is 0 Å². The molecule has 0 saturated carbocycles. The van der Waals surface area contributed by atoms with Crippen molar-refractivity contribution in [2.75, 3.05) is 25.6 Å². The zero-order valence-corrected chi connectivity index (χ0v) is 15.3. The van der Waals surface area contributed by atoms with Gasteiger partial charge in [-0.15, -0.1) is 0 Å². The zero-order valence-electron chi connectivity index (χ0n) is 15.3. The Hall–Kier alpha value is -3.26. The quantitative estimate of drug-likeness (QED) is 0.567. The number of amides is 4. The van der Waals surface area contributed by atoms with Crippen molar-refractivity contribution in [2.24, 2.45) is 0 Å². The third kappa shape index (κ3) is 4.17. The number of benzene rings is 2. The van der Waals surface area contributed by atoms with E-state index in [1.807, 2.05) is 0 Å². The summed E-state index contributed by atoms with van der Waals surface area (Å²) >= 11 is 0. The Balaban J connectivity index is 1.63. The summed E-state index contributed by atoms with van der Waals surface area (Å²) < 4.78 is 18.5. The van der Waals surface area contributed by atoms with Crippen molar-refractivity contribution >= 4 is 23.5 Å². The molecule has 0 aliphatic carbocycles. The maximum Gasteiger partial charge on any atom is 0.319 e. The maximum atomic E-state index is 13.6. The molecule has 8 heteroatoms. The van der Waals surface area contributed by atoms with Gasteiger partial charge in [-0.1, -0.05) is 18.2 Å². The van der Waals surface area contributed by atoms with Crippen LogP contribution in [0.5, 0.6) is 0 Å². The Morgan fingerprint density at radius 1 is 1.11 bits per heavy atom. The van der Waals surface area contributed by atoms with Gasteiger partial charge in [-0.2, -0.15) is 0 Å². The first kappa shape index (κ1) is 19.5. The van der Waals surface area contributed by atoms with E-state index < -0.39 is 17.8 Å². The van der Waals surface area contributed by atoms with E-state index in [-0.39, 0.29) is 24.6 Å². The maximum absolute atomic E-state index is 13.6. The highest BCUT2D eigenvalue weighted by Gasteiger charge is 2.35. The third-order valence-corrected chi connectivity index (χ3v) is 4.36. The third-order valence-electron chi connectivity index (χ3n) is 4.36. The number of nitrogens with one attached hydrogen (secondary N) is 2. The van der Waals surface area contributed by atoms with Gasteiger partial charge in [0.15, 0.2) is 0 Å². The van der Waals surface area contributed by atoms with Gasteiger partial charge in [0.25, 0.3) is 11.8 Å². The second kappa shape index (κ2) is 8.62. The number of urea groups is 1. The van der Waals surface area contributed by atoms with Crippen molar-refractivity contribution < 1.29 is 23.5 Å². The smallest absolute Gasteiger partial charge is 0.319 e. The predicted octanol–water partition coefficient (Wildman–Crippen LogP) is 2.78. The molecule has 1 aliphatic rings. The summed E-state index contributed by atoms with van der Waals surface area (Å²) in [5, 5.41) is 5.14. The largest absolute Gasteiger partial charge is 0.385 e. The number of carbonyl (C=O) groups is 3. The Kier molecular flexibility index (Phi) is 6.00. The predicted molar refractivity (Wildman–Crippen MR) is 101 cm³/mol. The number of ether oxygens (including phenoxy) is 1. The second-order valence-corrected chi connectivity index (χ2v) is 6.27. The fourth-order valence-corrected chi connectivity index (χ4v) is 2.93. The summed E-state index contributed by atoms with van der Waals surface area (Å²) in [6.07, 6.45) is 0.547. The molecule has 28 heavy (non-hydrogen) atoms. The van der Waals surface area contributed by atoms with E-state index in [1.165, 1.54) is 23.1 Å². The molecular formula is C20H20FN3O4. The van der Waals surface area contributed by atoms with Crippen molar-refractivity contribution in [1.82, 2.24) is 10.2 Å². The number of nitrogens with zero attached hydrogens (tertiary/aromatic N) is 1. The lowest BCUT2D eigenvalue weighted by Crippen LogP contribution is -2.31. The molecule has 3 rings (SSSR count). The van der Waals surface area contributed by atoms with Gasteiger partial charge in [0.05, 0.1) is 11.1 Å². The Morgan fingerprint density at radius 3 is 2.61 bits per heavy atom. The van der Waals surface area contributed by atoms with Crippen LogP contribution in [0, 0.1) is 5.82 Å². The van der Waals surface area contributed by atoms with Gasteiger partial charge >= 0.3 is 6.03 Å². The summed E-state index contributed by atoms with van der Waals surface area (Å²) in [5.74, 6) is -1.16. The molecule has 0 radical (unpaired) electrons. The number of fused-ring (bicyclic) bond motifs is 1. The summed E-state index contributed by atoms with van der Waals surface area (Å²) in [4.78, 5) is 38.1. The van der Waals surface area contributed by atoms with Gasteiger partial charge in [0.2, 0.25) is 0 Å². The van der Waals surface area contributed by atoms with Crippen molar-refractivity contribution in [1.29, 1.82) is 0 Å². The first-order chi connectivity index (χ1) is 13.5. The molecule has 146 valence electrons. The van der Waals surface area contributed by atoms with Gasteiger partial charge in [0.1, 0.15) is 5.82 Å². The standard InChI is InChI=1S/C20H20FN3O4/c1-28-10-4-9-24-18(25)15-8-7-14(11-16(15)19(24)26)23-20(27)22-12-13-5-2-3-6-17(13)21/h2-3,5-8,11H,4,9-10,12H2,1H3,(H2,22,23,27). The molecule has 4 amide bonds. The minimum absolute atomic E-state index is 0.0220. The van der Waals surface area contributed by atoms with Gasteiger partial charge in [0, 0.05) is 38.1 Å². The van der Waals surface area contributed by atoms with Crippen LogP contribution in [-0.4, -0.2) is 43.0 Å². The molecule has 1 heterocycles. The molecule has 0 bridgehead atoms. The van der Waals surface area contributed by atoms with E-state index in [4.69, 9.17) is 4.74 Å². The topological polar surface area (TPSA) is 87.7 Å². The van der Waals surface area contributed by atoms with Gasteiger partial charge in [-0.05, 0) is 30.7 Å². The van der Waals surface area contributed by atoms with Crippen LogP contribution in [-0.2, 0) is 11.3 Å². The lowest BCUT2D eigenvalue weighted by atomic mass is 10.1. The van der Waals surface area contributed by atoms with E-state index in [2.05, 4.69) is 10.6 Å². The Bertz CT molecular complexity index is 916. The summed E-state index contributed by atoms with van der Waals surface area (Å²) in [5.41, 5.74) is 1.28. The minimum atomic E-state index is -0.545. The zero-order chi connectivity index (χ0) is 20.1.